The second kappa shape index (κ2) is 45.7. The average molecular weight is 899 g/mol. The summed E-state index contributed by atoms with van der Waals surface area (Å²) in [5, 5.41) is 3.04. The quantitative estimate of drug-likeness (QED) is 0.0514. The third-order valence-corrected chi connectivity index (χ3v) is 12.8. The molecule has 1 aromatic carbocycles. The molecule has 8 nitrogen and oxygen atoms in total. The summed E-state index contributed by atoms with van der Waals surface area (Å²) < 4.78 is 17.3. The molecule has 0 bridgehead atoms. The van der Waals surface area contributed by atoms with E-state index in [9.17, 15) is 14.4 Å². The van der Waals surface area contributed by atoms with Gasteiger partial charge in [-0.2, -0.15) is 0 Å². The maximum absolute atomic E-state index is 12.9. The minimum absolute atomic E-state index is 0.00643. The van der Waals surface area contributed by atoms with Gasteiger partial charge in [-0.1, -0.05) is 199 Å². The number of hydrogen-bond donors (Lipinski definition) is 1. The molecule has 372 valence electrons. The molecule has 0 aliphatic rings. The van der Waals surface area contributed by atoms with Crippen molar-refractivity contribution in [2.75, 3.05) is 39.4 Å². The van der Waals surface area contributed by atoms with Crippen LogP contribution in [0.4, 0.5) is 0 Å². The van der Waals surface area contributed by atoms with Crippen LogP contribution >= 0.6 is 0 Å². The van der Waals surface area contributed by atoms with Gasteiger partial charge in [-0.15, -0.1) is 0 Å². The summed E-state index contributed by atoms with van der Waals surface area (Å²) in [6.07, 6.45) is 38.7. The van der Waals surface area contributed by atoms with Gasteiger partial charge in [0.25, 0.3) is 0 Å². The van der Waals surface area contributed by atoms with E-state index in [0.29, 0.717) is 38.5 Å². The van der Waals surface area contributed by atoms with Crippen LogP contribution in [0.3, 0.4) is 0 Å². The lowest BCUT2D eigenvalue weighted by molar-refractivity contribution is -0.150. The van der Waals surface area contributed by atoms with Crippen molar-refractivity contribution in [3.63, 3.8) is 0 Å². The van der Waals surface area contributed by atoms with Crippen LogP contribution in [-0.4, -0.2) is 68.2 Å². The fourth-order valence-corrected chi connectivity index (χ4v) is 8.66. The number of carbonyl (C=O) groups excluding carboxylic acids is 3. The van der Waals surface area contributed by atoms with Gasteiger partial charge in [0.15, 0.2) is 0 Å². The fraction of sp³-hybridized carbons (Fsp3) is 0.839. The molecule has 0 atom stereocenters. The van der Waals surface area contributed by atoms with E-state index in [0.717, 1.165) is 115 Å². The molecule has 1 N–H and O–H groups in total. The molecule has 0 aliphatic heterocycles. The second-order valence-electron chi connectivity index (χ2n) is 18.9. The summed E-state index contributed by atoms with van der Waals surface area (Å²) in [5.41, 5.74) is 1.07. The second-order valence-corrected chi connectivity index (χ2v) is 18.9. The van der Waals surface area contributed by atoms with Gasteiger partial charge in [-0.3, -0.25) is 14.4 Å². The van der Waals surface area contributed by atoms with Crippen LogP contribution in [0.15, 0.2) is 30.3 Å². The zero-order valence-corrected chi connectivity index (χ0v) is 42.4. The van der Waals surface area contributed by atoms with Crippen LogP contribution in [0.1, 0.15) is 252 Å². The number of rotatable bonds is 48. The molecule has 1 rings (SSSR count). The summed E-state index contributed by atoms with van der Waals surface area (Å²) in [7, 11) is 0. The lowest BCUT2D eigenvalue weighted by Gasteiger charge is -2.22. The number of nitrogens with zero attached hydrogens (tertiary/aromatic N) is 1. The monoisotopic (exact) mass is 899 g/mol. The van der Waals surface area contributed by atoms with Gasteiger partial charge in [0.05, 0.1) is 13.2 Å². The third-order valence-electron chi connectivity index (χ3n) is 12.8. The summed E-state index contributed by atoms with van der Waals surface area (Å²) in [6.45, 7) is 13.8. The fourth-order valence-electron chi connectivity index (χ4n) is 8.66. The molecule has 0 unspecified atom stereocenters. The summed E-state index contributed by atoms with van der Waals surface area (Å²) in [6, 6.07) is 9.94. The van der Waals surface area contributed by atoms with E-state index < -0.39 is 0 Å². The first kappa shape index (κ1) is 59.6. The molecule has 0 fully saturated rings. The van der Waals surface area contributed by atoms with Crippen molar-refractivity contribution in [2.24, 2.45) is 5.92 Å². The van der Waals surface area contributed by atoms with Crippen molar-refractivity contribution in [1.29, 1.82) is 0 Å². The minimum Gasteiger partial charge on any atom is -0.466 e. The number of benzene rings is 1. The van der Waals surface area contributed by atoms with E-state index in [1.54, 1.807) is 0 Å². The molecule has 1 amide bonds. The highest BCUT2D eigenvalue weighted by atomic mass is 16.5. The largest absolute Gasteiger partial charge is 0.466 e. The van der Waals surface area contributed by atoms with Crippen molar-refractivity contribution in [2.45, 2.75) is 259 Å². The zero-order chi connectivity index (χ0) is 46.4. The Labute approximate surface area is 395 Å². The maximum atomic E-state index is 12.9. The van der Waals surface area contributed by atoms with E-state index in [-0.39, 0.29) is 30.6 Å². The highest BCUT2D eigenvalue weighted by Crippen LogP contribution is 2.21. The SMILES string of the molecule is CCCCCCCCC(CCCCCCCC)OC(=O)CCCCCCCN(CCCCCCCC(=O)OCCC(CCCC)CCCC)CCCNC(=O)COCc1ccccc1. The van der Waals surface area contributed by atoms with Crippen molar-refractivity contribution in [1.82, 2.24) is 10.2 Å². The Kier molecular flexibility index (Phi) is 42.5. The van der Waals surface area contributed by atoms with Crippen LogP contribution in [-0.2, 0) is 35.2 Å². The normalized spacial score (nSPS) is 11.5. The van der Waals surface area contributed by atoms with Crippen LogP contribution in [0.5, 0.6) is 0 Å². The van der Waals surface area contributed by atoms with E-state index in [1.165, 1.54) is 116 Å². The summed E-state index contributed by atoms with van der Waals surface area (Å²) >= 11 is 0. The molecular formula is C56H102N2O6. The Morgan fingerprint density at radius 2 is 1.00 bits per heavy atom. The maximum Gasteiger partial charge on any atom is 0.306 e. The zero-order valence-electron chi connectivity index (χ0n) is 42.4. The molecule has 1 aromatic rings. The van der Waals surface area contributed by atoms with Crippen LogP contribution < -0.4 is 5.32 Å². The number of carbonyl (C=O) groups is 3. The van der Waals surface area contributed by atoms with Gasteiger partial charge in [0.2, 0.25) is 5.91 Å². The Bertz CT molecular complexity index is 1160. The Balaban J connectivity index is 2.41. The minimum atomic E-state index is -0.0653. The third kappa shape index (κ3) is 38.8. The lowest BCUT2D eigenvalue weighted by atomic mass is 9.93. The van der Waals surface area contributed by atoms with E-state index in [4.69, 9.17) is 14.2 Å². The number of ether oxygens (including phenoxy) is 3. The van der Waals surface area contributed by atoms with Crippen molar-refractivity contribution < 1.29 is 28.6 Å². The Hall–Kier alpha value is -2.45. The predicted octanol–water partition coefficient (Wildman–Crippen LogP) is 15.0. The van der Waals surface area contributed by atoms with E-state index in [1.807, 2.05) is 30.3 Å². The molecule has 0 spiro atoms. The van der Waals surface area contributed by atoms with Crippen molar-refractivity contribution in [3.8, 4) is 0 Å². The highest BCUT2D eigenvalue weighted by molar-refractivity contribution is 5.77. The molecule has 0 saturated carbocycles. The smallest absolute Gasteiger partial charge is 0.306 e. The van der Waals surface area contributed by atoms with Gasteiger partial charge in [-0.05, 0) is 95.3 Å². The number of amides is 1. The first-order valence-corrected chi connectivity index (χ1v) is 27.4. The van der Waals surface area contributed by atoms with Gasteiger partial charge in [0, 0.05) is 19.4 Å². The van der Waals surface area contributed by atoms with Gasteiger partial charge < -0.3 is 24.4 Å². The topological polar surface area (TPSA) is 94.2 Å². The molecule has 64 heavy (non-hydrogen) atoms. The lowest BCUT2D eigenvalue weighted by Crippen LogP contribution is -2.33. The van der Waals surface area contributed by atoms with E-state index in [2.05, 4.69) is 37.9 Å². The molecule has 0 saturated heterocycles. The standard InChI is InChI=1S/C56H102N2O6/c1-5-9-13-15-19-28-39-53(40-29-20-16-14-10-6-2)64-56(61)42-31-22-18-24-33-46-58(47-34-44-57-54(59)50-62-49-52-37-26-25-27-38-52)45-32-23-17-21-30-41-55(60)63-48-43-51(35-11-7-3)36-12-8-4/h25-27,37-38,51,53H,5-24,28-36,39-50H2,1-4H3,(H,57,59). The van der Waals surface area contributed by atoms with Crippen LogP contribution in [0, 0.1) is 5.92 Å². The van der Waals surface area contributed by atoms with Crippen molar-refractivity contribution >= 4 is 17.8 Å². The van der Waals surface area contributed by atoms with Crippen LogP contribution in [0.2, 0.25) is 0 Å². The highest BCUT2D eigenvalue weighted by Gasteiger charge is 2.15. The predicted molar refractivity (Wildman–Crippen MR) is 270 cm³/mol. The van der Waals surface area contributed by atoms with Gasteiger partial charge in [-0.25, -0.2) is 0 Å². The number of hydrogen-bond acceptors (Lipinski definition) is 7. The number of unbranched alkanes of at least 4 members (excludes halogenated alkanes) is 20. The van der Waals surface area contributed by atoms with Gasteiger partial charge in [0.1, 0.15) is 12.7 Å². The van der Waals surface area contributed by atoms with E-state index >= 15 is 0 Å². The summed E-state index contributed by atoms with van der Waals surface area (Å²) in [4.78, 5) is 40.3. The number of esters is 2. The molecule has 0 heterocycles. The van der Waals surface area contributed by atoms with Crippen LogP contribution in [0.25, 0.3) is 0 Å². The Morgan fingerprint density at radius 3 is 1.56 bits per heavy atom. The summed E-state index contributed by atoms with van der Waals surface area (Å²) in [5.74, 6) is 0.601. The first-order chi connectivity index (χ1) is 31.4. The molecule has 0 aliphatic carbocycles. The molecular weight excluding hydrogens is 797 g/mol. The average Bonchev–Trinajstić information content (AvgIpc) is 3.29. The molecule has 8 heteroatoms. The van der Waals surface area contributed by atoms with Gasteiger partial charge >= 0.3 is 11.9 Å². The van der Waals surface area contributed by atoms with Crippen molar-refractivity contribution in [3.05, 3.63) is 35.9 Å². The molecule has 0 aromatic heterocycles. The number of nitrogens with one attached hydrogen (secondary N) is 1. The molecule has 0 radical (unpaired) electrons. The Morgan fingerprint density at radius 1 is 0.516 bits per heavy atom. The first-order valence-electron chi connectivity index (χ1n) is 27.4.